The van der Waals surface area contributed by atoms with Gasteiger partial charge in [0.1, 0.15) is 11.5 Å². The molecule has 1 N–H and O–H groups in total. The zero-order chi connectivity index (χ0) is 23.9. The Morgan fingerprint density at radius 1 is 0.939 bits per heavy atom. The molecule has 0 aromatic heterocycles. The lowest BCUT2D eigenvalue weighted by Crippen LogP contribution is -2.30. The first-order valence-electron chi connectivity index (χ1n) is 10.2. The van der Waals surface area contributed by atoms with Crippen molar-refractivity contribution in [3.05, 3.63) is 100 Å². The van der Waals surface area contributed by atoms with Crippen LogP contribution in [0.5, 0.6) is 5.75 Å². The molecule has 1 atom stereocenters. The van der Waals surface area contributed by atoms with Gasteiger partial charge in [-0.1, -0.05) is 24.3 Å². The van der Waals surface area contributed by atoms with Gasteiger partial charge in [0.2, 0.25) is 0 Å². The smallest absolute Gasteiger partial charge is 0.300 e. The van der Waals surface area contributed by atoms with Crippen molar-refractivity contribution in [1.82, 2.24) is 0 Å². The van der Waals surface area contributed by atoms with E-state index in [0.29, 0.717) is 16.9 Å². The molecule has 1 saturated heterocycles. The number of benzene rings is 3. The largest absolute Gasteiger partial charge is 0.507 e. The van der Waals surface area contributed by atoms with Crippen LogP contribution in [0, 0.1) is 25.5 Å². The van der Waals surface area contributed by atoms with E-state index in [-0.39, 0.29) is 17.0 Å². The molecule has 0 aliphatic carbocycles. The van der Waals surface area contributed by atoms with Crippen LogP contribution in [0.3, 0.4) is 0 Å². The van der Waals surface area contributed by atoms with Crippen molar-refractivity contribution >= 4 is 23.1 Å². The van der Waals surface area contributed by atoms with Crippen LogP contribution in [-0.2, 0) is 9.59 Å². The Labute approximate surface area is 189 Å². The fourth-order valence-corrected chi connectivity index (χ4v) is 4.10. The number of hydrogen-bond acceptors (Lipinski definition) is 4. The number of aryl methyl sites for hydroxylation is 2. The molecule has 1 heterocycles. The van der Waals surface area contributed by atoms with Gasteiger partial charge in [-0.2, -0.15) is 0 Å². The summed E-state index contributed by atoms with van der Waals surface area (Å²) < 4.78 is 32.8. The topological polar surface area (TPSA) is 66.8 Å². The van der Waals surface area contributed by atoms with Gasteiger partial charge in [0.15, 0.2) is 11.6 Å². The van der Waals surface area contributed by atoms with Gasteiger partial charge in [-0.3, -0.25) is 14.5 Å². The number of Topliss-reactive ketones (excluding diaryl/α,β-unsaturated/α-hetero) is 1. The minimum absolute atomic E-state index is 0.00853. The fourth-order valence-electron chi connectivity index (χ4n) is 4.10. The Kier molecular flexibility index (Phi) is 5.72. The molecule has 33 heavy (non-hydrogen) atoms. The normalized spacial score (nSPS) is 17.5. The van der Waals surface area contributed by atoms with Crippen LogP contribution >= 0.6 is 0 Å². The van der Waals surface area contributed by atoms with Crippen molar-refractivity contribution in [2.45, 2.75) is 19.9 Å². The highest BCUT2D eigenvalue weighted by atomic mass is 19.2. The predicted octanol–water partition coefficient (Wildman–Crippen LogP) is 5.22. The van der Waals surface area contributed by atoms with E-state index >= 15 is 0 Å². The minimum Gasteiger partial charge on any atom is -0.507 e. The summed E-state index contributed by atoms with van der Waals surface area (Å²) in [4.78, 5) is 27.4. The molecule has 168 valence electrons. The third kappa shape index (κ3) is 3.75. The highest BCUT2D eigenvalue weighted by Crippen LogP contribution is 2.43. The number of anilines is 1. The molecule has 1 aliphatic heterocycles. The average Bonchev–Trinajstić information content (AvgIpc) is 3.06. The van der Waals surface area contributed by atoms with E-state index in [1.807, 2.05) is 0 Å². The summed E-state index contributed by atoms with van der Waals surface area (Å²) in [5.41, 5.74) is 2.26. The summed E-state index contributed by atoms with van der Waals surface area (Å²) in [5, 5.41) is 11.2. The van der Waals surface area contributed by atoms with Crippen molar-refractivity contribution in [3.63, 3.8) is 0 Å². The standard InChI is InChI=1S/C26H21F2NO4/c1-14-6-4-5-7-18(14)23-22(24(30)16-8-11-21(33-3)15(2)12-16)25(31)26(32)29(23)17-9-10-19(27)20(28)13-17/h4-13,23,30H,1-3H3/b24-22+. The van der Waals surface area contributed by atoms with E-state index in [1.165, 1.54) is 13.2 Å². The highest BCUT2D eigenvalue weighted by molar-refractivity contribution is 6.51. The van der Waals surface area contributed by atoms with Gasteiger partial charge in [0, 0.05) is 17.3 Å². The van der Waals surface area contributed by atoms with E-state index in [0.717, 1.165) is 28.2 Å². The van der Waals surface area contributed by atoms with Crippen molar-refractivity contribution in [2.75, 3.05) is 12.0 Å². The van der Waals surface area contributed by atoms with E-state index in [4.69, 9.17) is 4.74 Å². The van der Waals surface area contributed by atoms with E-state index < -0.39 is 29.4 Å². The van der Waals surface area contributed by atoms with Crippen LogP contribution < -0.4 is 9.64 Å². The lowest BCUT2D eigenvalue weighted by atomic mass is 9.92. The second-order valence-electron chi connectivity index (χ2n) is 7.81. The SMILES string of the molecule is COc1ccc(/C(O)=C2\C(=O)C(=O)N(c3ccc(F)c(F)c3)C2c2ccccc2C)cc1C. The molecule has 3 aromatic carbocycles. The van der Waals surface area contributed by atoms with Crippen molar-refractivity contribution < 1.29 is 28.2 Å². The molecule has 3 aromatic rings. The number of halogens is 2. The number of rotatable bonds is 4. The Morgan fingerprint density at radius 3 is 2.30 bits per heavy atom. The maximum absolute atomic E-state index is 14.0. The van der Waals surface area contributed by atoms with E-state index in [2.05, 4.69) is 0 Å². The number of carbonyl (C=O) groups excluding carboxylic acids is 2. The molecule has 4 rings (SSSR count). The molecule has 0 radical (unpaired) electrons. The van der Waals surface area contributed by atoms with Crippen LogP contribution in [0.15, 0.2) is 66.2 Å². The van der Waals surface area contributed by atoms with Crippen molar-refractivity contribution in [2.24, 2.45) is 0 Å². The molecule has 1 amide bonds. The van der Waals surface area contributed by atoms with E-state index in [1.54, 1.807) is 56.3 Å². The summed E-state index contributed by atoms with van der Waals surface area (Å²) >= 11 is 0. The molecule has 1 aliphatic rings. The molecule has 1 fully saturated rings. The van der Waals surface area contributed by atoms with Crippen LogP contribution in [-0.4, -0.2) is 23.9 Å². The second-order valence-corrected chi connectivity index (χ2v) is 7.81. The van der Waals surface area contributed by atoms with Gasteiger partial charge in [0.25, 0.3) is 11.7 Å². The zero-order valence-corrected chi connectivity index (χ0v) is 18.2. The molecule has 5 nitrogen and oxygen atoms in total. The molecule has 0 spiro atoms. The first kappa shape index (κ1) is 22.2. The van der Waals surface area contributed by atoms with Gasteiger partial charge in [-0.05, 0) is 60.9 Å². The number of aliphatic hydroxyl groups is 1. The number of aliphatic hydroxyl groups excluding tert-OH is 1. The maximum Gasteiger partial charge on any atom is 0.300 e. The third-order valence-corrected chi connectivity index (χ3v) is 5.78. The molecule has 7 heteroatoms. The quantitative estimate of drug-likeness (QED) is 0.337. The summed E-state index contributed by atoms with van der Waals surface area (Å²) in [5.74, 6) is -3.85. The first-order valence-corrected chi connectivity index (χ1v) is 10.2. The summed E-state index contributed by atoms with van der Waals surface area (Å²) in [7, 11) is 1.52. The summed E-state index contributed by atoms with van der Waals surface area (Å²) in [6, 6.07) is 13.9. The van der Waals surface area contributed by atoms with Crippen LogP contribution in [0.25, 0.3) is 5.76 Å². The fraction of sp³-hybridized carbons (Fsp3) is 0.154. The van der Waals surface area contributed by atoms with E-state index in [9.17, 15) is 23.5 Å². The van der Waals surface area contributed by atoms with Gasteiger partial charge in [0.05, 0.1) is 18.7 Å². The Bertz CT molecular complexity index is 1320. The Morgan fingerprint density at radius 2 is 1.67 bits per heavy atom. The number of amides is 1. The zero-order valence-electron chi connectivity index (χ0n) is 18.2. The van der Waals surface area contributed by atoms with Crippen LogP contribution in [0.2, 0.25) is 0 Å². The third-order valence-electron chi connectivity index (χ3n) is 5.78. The average molecular weight is 449 g/mol. The molecule has 0 saturated carbocycles. The molecular formula is C26H21F2NO4. The van der Waals surface area contributed by atoms with Crippen molar-refractivity contribution in [3.8, 4) is 5.75 Å². The summed E-state index contributed by atoms with van der Waals surface area (Å²) in [6.07, 6.45) is 0. The van der Waals surface area contributed by atoms with Gasteiger partial charge >= 0.3 is 0 Å². The highest BCUT2D eigenvalue weighted by Gasteiger charge is 2.47. The van der Waals surface area contributed by atoms with Gasteiger partial charge in [-0.25, -0.2) is 8.78 Å². The number of hydrogen-bond donors (Lipinski definition) is 1. The number of nitrogens with zero attached hydrogens (tertiary/aromatic N) is 1. The van der Waals surface area contributed by atoms with Crippen LogP contribution in [0.1, 0.15) is 28.3 Å². The summed E-state index contributed by atoms with van der Waals surface area (Å²) in [6.45, 7) is 3.59. The number of methoxy groups -OCH3 is 1. The maximum atomic E-state index is 14.0. The molecule has 1 unspecified atom stereocenters. The lowest BCUT2D eigenvalue weighted by Gasteiger charge is -2.26. The van der Waals surface area contributed by atoms with Gasteiger partial charge < -0.3 is 9.84 Å². The number of ketones is 1. The minimum atomic E-state index is -1.15. The Balaban J connectivity index is 1.97. The van der Waals surface area contributed by atoms with Gasteiger partial charge in [-0.15, -0.1) is 0 Å². The first-order chi connectivity index (χ1) is 15.7. The molecule has 0 bridgehead atoms. The number of ether oxygens (including phenoxy) is 1. The monoisotopic (exact) mass is 449 g/mol. The number of carbonyl (C=O) groups is 2. The lowest BCUT2D eigenvalue weighted by molar-refractivity contribution is -0.132. The second kappa shape index (κ2) is 8.50. The van der Waals surface area contributed by atoms with Crippen molar-refractivity contribution in [1.29, 1.82) is 0 Å². The van der Waals surface area contributed by atoms with Crippen LogP contribution in [0.4, 0.5) is 14.5 Å². The predicted molar refractivity (Wildman–Crippen MR) is 120 cm³/mol. The Hall–Kier alpha value is -4.00. The molecular weight excluding hydrogens is 428 g/mol.